The maximum absolute atomic E-state index is 4.82. The number of hydrogen-bond donors (Lipinski definition) is 0. The van der Waals surface area contributed by atoms with Crippen molar-refractivity contribution < 1.29 is 0 Å². The Labute approximate surface area is 128 Å². The fourth-order valence-corrected chi connectivity index (χ4v) is 3.67. The first kappa shape index (κ1) is 14.2. The first-order valence-electron chi connectivity index (χ1n) is 7.23. The molecule has 2 nitrogen and oxygen atoms in total. The monoisotopic (exact) mass is 296 g/mol. The highest BCUT2D eigenvalue weighted by atomic mass is 32.2. The minimum atomic E-state index is -0.0212. The van der Waals surface area contributed by atoms with Gasteiger partial charge in [-0.1, -0.05) is 24.9 Å². The van der Waals surface area contributed by atoms with E-state index >= 15 is 0 Å². The zero-order valence-electron chi connectivity index (χ0n) is 12.8. The van der Waals surface area contributed by atoms with Crippen LogP contribution in [0.15, 0.2) is 40.4 Å². The van der Waals surface area contributed by atoms with Gasteiger partial charge in [-0.25, -0.2) is 0 Å². The quantitative estimate of drug-likeness (QED) is 0.768. The molecule has 1 aromatic heterocycles. The van der Waals surface area contributed by atoms with Crippen LogP contribution < -0.4 is 0 Å². The average molecular weight is 296 g/mol. The third kappa shape index (κ3) is 2.70. The van der Waals surface area contributed by atoms with Crippen LogP contribution in [0, 0.1) is 13.8 Å². The summed E-state index contributed by atoms with van der Waals surface area (Å²) in [6.45, 7) is 6.37. The van der Waals surface area contributed by atoms with Crippen molar-refractivity contribution in [1.29, 1.82) is 0 Å². The number of hydrogen-bond acceptors (Lipinski definition) is 2. The Morgan fingerprint density at radius 1 is 1.19 bits per heavy atom. The van der Waals surface area contributed by atoms with Crippen molar-refractivity contribution in [3.8, 4) is 0 Å². The Morgan fingerprint density at radius 3 is 2.76 bits per heavy atom. The fraction of sp³-hybridized carbons (Fsp3) is 0.278. The van der Waals surface area contributed by atoms with Gasteiger partial charge in [0.15, 0.2) is 0 Å². The first-order valence-corrected chi connectivity index (χ1v) is 8.79. The molecular formula is C18H20N2S. The Balaban J connectivity index is 2.07. The van der Waals surface area contributed by atoms with Gasteiger partial charge in [-0.2, -0.15) is 10.5 Å². The molecule has 0 radical (unpaired) electrons. The molecule has 0 N–H and O–H groups in total. The lowest BCUT2D eigenvalue weighted by atomic mass is 10.1. The molecule has 0 bridgehead atoms. The topological polar surface area (TPSA) is 25.2 Å². The van der Waals surface area contributed by atoms with Crippen LogP contribution in [0.3, 0.4) is 0 Å². The van der Waals surface area contributed by atoms with Crippen LogP contribution in [-0.2, 0) is 6.42 Å². The molecule has 2 heterocycles. The molecule has 1 aromatic carbocycles. The first-order chi connectivity index (χ1) is 10.1. The molecule has 0 saturated carbocycles. The molecule has 3 rings (SSSR count). The van der Waals surface area contributed by atoms with Gasteiger partial charge < -0.3 is 0 Å². The lowest BCUT2D eigenvalue weighted by Gasteiger charge is -2.11. The van der Waals surface area contributed by atoms with Crippen molar-refractivity contribution >= 4 is 27.8 Å². The van der Waals surface area contributed by atoms with E-state index < -0.39 is 0 Å². The number of nitrogens with zero attached hydrogens (tertiary/aromatic N) is 2. The Hall–Kier alpha value is -1.74. The summed E-state index contributed by atoms with van der Waals surface area (Å²) in [5.41, 5.74) is 6.95. The molecule has 1 atom stereocenters. The third-order valence-electron chi connectivity index (χ3n) is 3.78. The highest BCUT2D eigenvalue weighted by Gasteiger charge is 2.20. The van der Waals surface area contributed by atoms with E-state index in [1.807, 2.05) is 6.20 Å². The highest BCUT2D eigenvalue weighted by molar-refractivity contribution is 8.14. The van der Waals surface area contributed by atoms with Gasteiger partial charge in [0.25, 0.3) is 0 Å². The number of fused-ring (bicyclic) bond motifs is 1. The molecule has 108 valence electrons. The molecule has 3 heteroatoms. The van der Waals surface area contributed by atoms with E-state index in [9.17, 15) is 0 Å². The summed E-state index contributed by atoms with van der Waals surface area (Å²) >= 11 is 0. The van der Waals surface area contributed by atoms with Gasteiger partial charge in [-0.15, -0.1) is 0 Å². The summed E-state index contributed by atoms with van der Waals surface area (Å²) in [5.74, 6) is 5.34. The van der Waals surface area contributed by atoms with Crippen LogP contribution in [0.25, 0.3) is 0 Å². The second-order valence-electron chi connectivity index (χ2n) is 5.51. The summed E-state index contributed by atoms with van der Waals surface area (Å²) in [4.78, 5) is 10.7. The van der Waals surface area contributed by atoms with Crippen molar-refractivity contribution in [2.75, 3.05) is 5.75 Å². The standard InChI is InChI=1S/C18H20N2S/c1-5-21(4)17-9-13(3)11-19-18(17)16-10-14-7-6-12(2)8-15(14)20-16/h6-9,11H,4-5,10H2,1-3H3. The predicted molar refractivity (Wildman–Crippen MR) is 93.6 cm³/mol. The van der Waals surface area contributed by atoms with Crippen molar-refractivity contribution in [3.63, 3.8) is 0 Å². The van der Waals surface area contributed by atoms with Crippen LogP contribution in [0.5, 0.6) is 0 Å². The van der Waals surface area contributed by atoms with Gasteiger partial charge in [-0.3, -0.25) is 9.98 Å². The molecule has 0 aliphatic carbocycles. The van der Waals surface area contributed by atoms with Crippen molar-refractivity contribution in [1.82, 2.24) is 4.98 Å². The summed E-state index contributed by atoms with van der Waals surface area (Å²) in [5, 5.41) is 0. The fourth-order valence-electron chi connectivity index (χ4n) is 2.56. The summed E-state index contributed by atoms with van der Waals surface area (Å²) in [7, 11) is -0.0212. The molecule has 0 amide bonds. The van der Waals surface area contributed by atoms with E-state index in [-0.39, 0.29) is 10.5 Å². The number of aliphatic imine (C=N–C) groups is 1. The highest BCUT2D eigenvalue weighted by Crippen LogP contribution is 2.34. The lowest BCUT2D eigenvalue weighted by Crippen LogP contribution is -2.06. The number of pyridine rings is 1. The van der Waals surface area contributed by atoms with Crippen LogP contribution in [-0.4, -0.2) is 22.3 Å². The Morgan fingerprint density at radius 2 is 2.00 bits per heavy atom. The van der Waals surface area contributed by atoms with E-state index in [1.165, 1.54) is 21.6 Å². The molecule has 21 heavy (non-hydrogen) atoms. The van der Waals surface area contributed by atoms with Crippen LogP contribution in [0.1, 0.15) is 29.3 Å². The SMILES string of the molecule is C=S(CC)c1cc(C)cnc1C1=Nc2cc(C)ccc2C1. The molecule has 1 aliphatic rings. The second-order valence-corrected chi connectivity index (χ2v) is 7.51. The summed E-state index contributed by atoms with van der Waals surface area (Å²) in [6, 6.07) is 8.70. The molecule has 0 spiro atoms. The van der Waals surface area contributed by atoms with Crippen molar-refractivity contribution in [3.05, 3.63) is 52.8 Å². The molecule has 2 aromatic rings. The maximum Gasteiger partial charge on any atom is 0.0978 e. The average Bonchev–Trinajstić information content (AvgIpc) is 2.89. The lowest BCUT2D eigenvalue weighted by molar-refractivity contribution is 1.14. The van der Waals surface area contributed by atoms with Gasteiger partial charge in [-0.05, 0) is 48.4 Å². The molecule has 0 fully saturated rings. The van der Waals surface area contributed by atoms with E-state index in [0.29, 0.717) is 0 Å². The van der Waals surface area contributed by atoms with Gasteiger partial charge >= 0.3 is 0 Å². The number of rotatable bonds is 3. The zero-order chi connectivity index (χ0) is 15.0. The largest absolute Gasteiger partial charge is 0.254 e. The molecular weight excluding hydrogens is 276 g/mol. The van der Waals surface area contributed by atoms with Crippen molar-refractivity contribution in [2.24, 2.45) is 4.99 Å². The molecule has 1 aliphatic heterocycles. The smallest absolute Gasteiger partial charge is 0.0978 e. The van der Waals surface area contributed by atoms with Crippen LogP contribution in [0.2, 0.25) is 0 Å². The summed E-state index contributed by atoms with van der Waals surface area (Å²) in [6.07, 6.45) is 2.81. The van der Waals surface area contributed by atoms with E-state index in [4.69, 9.17) is 4.99 Å². The van der Waals surface area contributed by atoms with Gasteiger partial charge in [0.1, 0.15) is 0 Å². The third-order valence-corrected chi connectivity index (χ3v) is 5.41. The van der Waals surface area contributed by atoms with Crippen molar-refractivity contribution in [2.45, 2.75) is 32.1 Å². The van der Waals surface area contributed by atoms with E-state index in [0.717, 1.165) is 29.3 Å². The minimum absolute atomic E-state index is 0.0212. The number of benzene rings is 1. The van der Waals surface area contributed by atoms with Gasteiger partial charge in [0, 0.05) is 17.5 Å². The zero-order valence-corrected chi connectivity index (χ0v) is 13.6. The van der Waals surface area contributed by atoms with E-state index in [2.05, 4.69) is 55.9 Å². The molecule has 0 saturated heterocycles. The minimum Gasteiger partial charge on any atom is -0.254 e. The Bertz CT molecular complexity index is 760. The predicted octanol–water partition coefficient (Wildman–Crippen LogP) is 4.46. The maximum atomic E-state index is 4.82. The summed E-state index contributed by atoms with van der Waals surface area (Å²) < 4.78 is 0. The van der Waals surface area contributed by atoms with Crippen LogP contribution in [0.4, 0.5) is 5.69 Å². The normalized spacial score (nSPS) is 14.7. The Kier molecular flexibility index (Phi) is 3.77. The molecule has 1 unspecified atom stereocenters. The number of aryl methyl sites for hydroxylation is 2. The second kappa shape index (κ2) is 5.57. The number of aromatic nitrogens is 1. The van der Waals surface area contributed by atoms with Crippen LogP contribution >= 0.6 is 10.5 Å². The van der Waals surface area contributed by atoms with E-state index in [1.54, 1.807) is 0 Å². The van der Waals surface area contributed by atoms with Gasteiger partial charge in [0.05, 0.1) is 17.1 Å². The van der Waals surface area contributed by atoms with Gasteiger partial charge in [0.2, 0.25) is 0 Å².